The molecule has 1 aromatic rings. The fourth-order valence-corrected chi connectivity index (χ4v) is 0.997. The van der Waals surface area contributed by atoms with Gasteiger partial charge in [-0.3, -0.25) is 0 Å². The molecule has 54 valence electrons. The minimum absolute atomic E-state index is 0.776. The van der Waals surface area contributed by atoms with Crippen molar-refractivity contribution in [2.24, 2.45) is 0 Å². The average molecular weight is 209 g/mol. The maximum Gasteiger partial charge on any atom is 0.106 e. The first-order valence-corrected chi connectivity index (χ1v) is 3.81. The lowest BCUT2D eigenvalue weighted by Crippen LogP contribution is -1.78. The molecule has 0 saturated carbocycles. The van der Waals surface area contributed by atoms with Crippen LogP contribution in [0.5, 0.6) is 0 Å². The van der Waals surface area contributed by atoms with Crippen molar-refractivity contribution in [1.82, 2.24) is 4.98 Å². The molecule has 3 heteroatoms. The van der Waals surface area contributed by atoms with Gasteiger partial charge < -0.3 is 0 Å². The van der Waals surface area contributed by atoms with Crippen LogP contribution < -0.4 is 0 Å². The lowest BCUT2D eigenvalue weighted by molar-refractivity contribution is 1.25. The van der Waals surface area contributed by atoms with E-state index in [1.54, 1.807) is 6.08 Å². The van der Waals surface area contributed by atoms with Crippen molar-refractivity contribution in [1.29, 1.82) is 5.26 Å². The van der Waals surface area contributed by atoms with Crippen LogP contribution in [-0.4, -0.2) is 4.98 Å². The molecule has 0 amide bonds. The highest BCUT2D eigenvalue weighted by Crippen LogP contribution is 2.06. The Hall–Kier alpha value is -1.14. The Morgan fingerprint density at radius 2 is 2.36 bits per heavy atom. The Morgan fingerprint density at radius 1 is 1.55 bits per heavy atom. The molecular formula is C8H5BrN2. The number of allylic oxidation sites excluding steroid dienone is 1. The SMILES string of the molecule is N#CC=Cc1cccc(Br)n1. The van der Waals surface area contributed by atoms with Crippen LogP contribution in [0.4, 0.5) is 0 Å². The molecule has 1 heterocycles. The summed E-state index contributed by atoms with van der Waals surface area (Å²) in [7, 11) is 0. The monoisotopic (exact) mass is 208 g/mol. The summed E-state index contributed by atoms with van der Waals surface area (Å²) < 4.78 is 0.776. The van der Waals surface area contributed by atoms with E-state index in [1.165, 1.54) is 6.08 Å². The van der Waals surface area contributed by atoms with Gasteiger partial charge >= 0.3 is 0 Å². The van der Waals surface area contributed by atoms with E-state index in [2.05, 4.69) is 20.9 Å². The number of hydrogen-bond acceptors (Lipinski definition) is 2. The molecule has 1 aromatic heterocycles. The van der Waals surface area contributed by atoms with Gasteiger partial charge in [0.25, 0.3) is 0 Å². The molecule has 0 atom stereocenters. The van der Waals surface area contributed by atoms with Crippen LogP contribution in [0, 0.1) is 11.3 Å². The Balaban J connectivity index is 2.90. The lowest BCUT2D eigenvalue weighted by Gasteiger charge is -1.90. The van der Waals surface area contributed by atoms with E-state index in [0.717, 1.165) is 10.3 Å². The van der Waals surface area contributed by atoms with Crippen molar-refractivity contribution in [3.8, 4) is 6.07 Å². The number of pyridine rings is 1. The van der Waals surface area contributed by atoms with Gasteiger partial charge in [0.05, 0.1) is 11.8 Å². The summed E-state index contributed by atoms with van der Waals surface area (Å²) in [5, 5.41) is 8.22. The van der Waals surface area contributed by atoms with E-state index in [4.69, 9.17) is 5.26 Å². The van der Waals surface area contributed by atoms with Gasteiger partial charge in [0.2, 0.25) is 0 Å². The smallest absolute Gasteiger partial charge is 0.106 e. The summed E-state index contributed by atoms with van der Waals surface area (Å²) in [6.07, 6.45) is 3.06. The number of rotatable bonds is 1. The van der Waals surface area contributed by atoms with Crippen molar-refractivity contribution in [3.05, 3.63) is 34.6 Å². The van der Waals surface area contributed by atoms with E-state index < -0.39 is 0 Å². The number of halogens is 1. The van der Waals surface area contributed by atoms with E-state index in [9.17, 15) is 0 Å². The predicted octanol–water partition coefficient (Wildman–Crippen LogP) is 2.38. The van der Waals surface area contributed by atoms with Gasteiger partial charge in [-0.2, -0.15) is 5.26 Å². The largest absolute Gasteiger partial charge is 0.242 e. The molecule has 0 radical (unpaired) electrons. The molecule has 0 aromatic carbocycles. The quantitative estimate of drug-likeness (QED) is 0.525. The molecule has 0 spiro atoms. The second-order valence-electron chi connectivity index (χ2n) is 1.85. The summed E-state index contributed by atoms with van der Waals surface area (Å²) in [6.45, 7) is 0. The maximum absolute atomic E-state index is 8.22. The Bertz CT molecular complexity index is 312. The number of nitriles is 1. The Labute approximate surface area is 73.3 Å². The van der Waals surface area contributed by atoms with Crippen molar-refractivity contribution >= 4 is 22.0 Å². The third kappa shape index (κ3) is 2.52. The van der Waals surface area contributed by atoms with E-state index in [-0.39, 0.29) is 0 Å². The zero-order chi connectivity index (χ0) is 8.10. The summed E-state index contributed by atoms with van der Waals surface area (Å²) in [4.78, 5) is 4.09. The molecular weight excluding hydrogens is 204 g/mol. The predicted molar refractivity (Wildman–Crippen MR) is 46.6 cm³/mol. The van der Waals surface area contributed by atoms with Crippen LogP contribution in [0.2, 0.25) is 0 Å². The van der Waals surface area contributed by atoms with Gasteiger partial charge in [0.1, 0.15) is 4.60 Å². The molecule has 0 unspecified atom stereocenters. The van der Waals surface area contributed by atoms with Crippen LogP contribution in [0.1, 0.15) is 5.69 Å². The molecule has 0 saturated heterocycles. The summed E-state index contributed by atoms with van der Waals surface area (Å²) in [5.74, 6) is 0. The van der Waals surface area contributed by atoms with Crippen molar-refractivity contribution in [2.45, 2.75) is 0 Å². The third-order valence-corrected chi connectivity index (χ3v) is 1.51. The molecule has 11 heavy (non-hydrogen) atoms. The molecule has 0 aliphatic carbocycles. The van der Waals surface area contributed by atoms with Crippen LogP contribution >= 0.6 is 15.9 Å². The van der Waals surface area contributed by atoms with Gasteiger partial charge in [-0.05, 0) is 34.1 Å². The zero-order valence-corrected chi connectivity index (χ0v) is 7.25. The maximum atomic E-state index is 8.22. The summed E-state index contributed by atoms with van der Waals surface area (Å²) >= 11 is 3.23. The minimum Gasteiger partial charge on any atom is -0.242 e. The van der Waals surface area contributed by atoms with Crippen molar-refractivity contribution < 1.29 is 0 Å². The highest BCUT2D eigenvalue weighted by atomic mass is 79.9. The van der Waals surface area contributed by atoms with E-state index >= 15 is 0 Å². The average Bonchev–Trinajstić information content (AvgIpc) is 2.01. The van der Waals surface area contributed by atoms with Gasteiger partial charge in [0.15, 0.2) is 0 Å². The number of aromatic nitrogens is 1. The van der Waals surface area contributed by atoms with Crippen LogP contribution in [0.15, 0.2) is 28.9 Å². The molecule has 0 bridgehead atoms. The fraction of sp³-hybridized carbons (Fsp3) is 0. The van der Waals surface area contributed by atoms with Gasteiger partial charge in [-0.25, -0.2) is 4.98 Å². The molecule has 0 N–H and O–H groups in total. The van der Waals surface area contributed by atoms with Crippen LogP contribution in [0.25, 0.3) is 6.08 Å². The fourth-order valence-electron chi connectivity index (χ4n) is 0.639. The normalized spacial score (nSPS) is 9.82. The van der Waals surface area contributed by atoms with Crippen molar-refractivity contribution in [2.75, 3.05) is 0 Å². The first-order valence-electron chi connectivity index (χ1n) is 3.01. The minimum atomic E-state index is 0.776. The first kappa shape index (κ1) is 7.96. The summed E-state index contributed by atoms with van der Waals surface area (Å²) in [6, 6.07) is 7.44. The summed E-state index contributed by atoms with van der Waals surface area (Å²) in [5.41, 5.74) is 0.779. The van der Waals surface area contributed by atoms with E-state index in [1.807, 2.05) is 24.3 Å². The Morgan fingerprint density at radius 3 is 3.00 bits per heavy atom. The highest BCUT2D eigenvalue weighted by Gasteiger charge is 1.88. The first-order chi connectivity index (χ1) is 5.33. The standard InChI is InChI=1S/C8H5BrN2/c9-8-5-1-3-7(11-8)4-2-6-10/h1-5H. The highest BCUT2D eigenvalue weighted by molar-refractivity contribution is 9.10. The second-order valence-corrected chi connectivity index (χ2v) is 2.66. The van der Waals surface area contributed by atoms with E-state index in [0.29, 0.717) is 0 Å². The molecule has 0 aliphatic rings. The van der Waals surface area contributed by atoms with Crippen molar-refractivity contribution in [3.63, 3.8) is 0 Å². The Kier molecular flexibility index (Phi) is 2.82. The topological polar surface area (TPSA) is 36.7 Å². The molecule has 2 nitrogen and oxygen atoms in total. The third-order valence-electron chi connectivity index (χ3n) is 1.07. The van der Waals surface area contributed by atoms with Gasteiger partial charge in [0, 0.05) is 6.08 Å². The number of hydrogen-bond donors (Lipinski definition) is 0. The zero-order valence-electron chi connectivity index (χ0n) is 5.66. The molecule has 0 fully saturated rings. The second kappa shape index (κ2) is 3.89. The van der Waals surface area contributed by atoms with Gasteiger partial charge in [-0.15, -0.1) is 0 Å². The van der Waals surface area contributed by atoms with Crippen LogP contribution in [-0.2, 0) is 0 Å². The lowest BCUT2D eigenvalue weighted by atomic mass is 10.3. The van der Waals surface area contributed by atoms with Crippen LogP contribution in [0.3, 0.4) is 0 Å². The van der Waals surface area contributed by atoms with Gasteiger partial charge in [-0.1, -0.05) is 6.07 Å². The molecule has 0 aliphatic heterocycles. The molecule has 1 rings (SSSR count). The number of nitrogens with zero attached hydrogens (tertiary/aromatic N) is 2.